The van der Waals surface area contributed by atoms with Crippen molar-refractivity contribution in [2.75, 3.05) is 0 Å². The van der Waals surface area contributed by atoms with Crippen LogP contribution in [0.1, 0.15) is 148 Å². The third-order valence-electron chi connectivity index (χ3n) is 15.9. The van der Waals surface area contributed by atoms with Crippen LogP contribution in [0.5, 0.6) is 17.2 Å². The Hall–Kier alpha value is -8.13. The van der Waals surface area contributed by atoms with Crippen molar-refractivity contribution in [2.45, 2.75) is 135 Å². The van der Waals surface area contributed by atoms with Gasteiger partial charge in [-0.15, -0.1) is 30.6 Å². The Kier molecular flexibility index (Phi) is 17.7. The van der Waals surface area contributed by atoms with Crippen molar-refractivity contribution in [3.05, 3.63) is 177 Å². The van der Waals surface area contributed by atoms with Gasteiger partial charge in [-0.25, -0.2) is 26.3 Å². The molecule has 3 aliphatic carbocycles. The Morgan fingerprint density at radius 2 is 0.644 bits per heavy atom. The summed E-state index contributed by atoms with van der Waals surface area (Å²) < 4.78 is 226. The molecular formula is C60H54F15N9O3. The van der Waals surface area contributed by atoms with Gasteiger partial charge in [0.1, 0.15) is 69.9 Å². The van der Waals surface area contributed by atoms with E-state index in [0.717, 1.165) is 94.2 Å². The van der Waals surface area contributed by atoms with Gasteiger partial charge in [0.15, 0.2) is 51.6 Å². The molecule has 3 atom stereocenters. The molecule has 6 heterocycles. The van der Waals surface area contributed by atoms with Crippen molar-refractivity contribution in [1.29, 1.82) is 0 Å². The molecule has 87 heavy (non-hydrogen) atoms. The van der Waals surface area contributed by atoms with Crippen LogP contribution in [0.4, 0.5) is 65.9 Å². The SMILES string of the molecule is CC(Oc1ccc(F)cc1F)c1ccn2c(CC3CCC3)nnc2c1C(F)(F)F.CC(Oc1ccc(F)cc1F)c1ccn2c(CC3CCC3)nnc2c1C(F)(F)F.CC(Oc1ccc(F)cc1F)c1ccn2c(CC3CCC3)nnc2c1C(F)(F)F. The average Bonchev–Trinajstić information content (AvgIpc) is 1.83. The van der Waals surface area contributed by atoms with Gasteiger partial charge in [-0.05, 0) is 93.1 Å². The van der Waals surface area contributed by atoms with Gasteiger partial charge in [-0.2, -0.15) is 39.5 Å². The lowest BCUT2D eigenvalue weighted by Gasteiger charge is -2.24. The summed E-state index contributed by atoms with van der Waals surface area (Å²) in [4.78, 5) is 0. The monoisotopic (exact) mass is 1230 g/mol. The molecular weight excluding hydrogens is 1180 g/mol. The van der Waals surface area contributed by atoms with Gasteiger partial charge in [0.2, 0.25) is 0 Å². The molecule has 462 valence electrons. The number of hydrogen-bond acceptors (Lipinski definition) is 9. The van der Waals surface area contributed by atoms with E-state index in [1.54, 1.807) is 0 Å². The van der Waals surface area contributed by atoms with Gasteiger partial charge in [0, 0.05) is 72.7 Å². The molecule has 0 radical (unpaired) electrons. The first kappa shape index (κ1) is 61.9. The first-order chi connectivity index (χ1) is 41.2. The molecule has 0 saturated heterocycles. The number of pyridine rings is 3. The van der Waals surface area contributed by atoms with Crippen molar-refractivity contribution in [1.82, 2.24) is 43.8 Å². The molecule has 12 nitrogen and oxygen atoms in total. The lowest BCUT2D eigenvalue weighted by molar-refractivity contribution is -0.138. The summed E-state index contributed by atoms with van der Waals surface area (Å²) in [5.74, 6) is -3.67. The number of nitrogens with zero attached hydrogens (tertiary/aromatic N) is 9. The maximum atomic E-state index is 13.9. The standard InChI is InChI=1S/3C20H18F5N3O/c3*1-11(29-16-6-5-13(21)10-15(16)22)14-7-8-28-17(9-12-3-2-4-12)26-27-19(28)18(14)20(23,24)25/h3*5-8,10-12H,2-4,9H2,1H3. The first-order valence-electron chi connectivity index (χ1n) is 27.9. The van der Waals surface area contributed by atoms with Crippen LogP contribution in [-0.4, -0.2) is 43.8 Å². The fourth-order valence-electron chi connectivity index (χ4n) is 10.7. The molecule has 12 rings (SSSR count). The van der Waals surface area contributed by atoms with Crippen molar-refractivity contribution >= 4 is 16.9 Å². The van der Waals surface area contributed by atoms with E-state index in [1.807, 2.05) is 0 Å². The van der Waals surface area contributed by atoms with Gasteiger partial charge in [-0.3, -0.25) is 13.2 Å². The molecule has 0 spiro atoms. The molecule has 3 fully saturated rings. The molecule has 3 aromatic carbocycles. The highest BCUT2D eigenvalue weighted by molar-refractivity contribution is 5.57. The molecule has 3 aliphatic rings. The highest BCUT2D eigenvalue weighted by Gasteiger charge is 2.42. The number of benzene rings is 3. The number of alkyl halides is 9. The quantitative estimate of drug-likeness (QED) is 0.0925. The van der Waals surface area contributed by atoms with Crippen molar-refractivity contribution in [3.63, 3.8) is 0 Å². The Morgan fingerprint density at radius 3 is 0.851 bits per heavy atom. The summed E-state index contributed by atoms with van der Waals surface area (Å²) in [7, 11) is 0. The first-order valence-corrected chi connectivity index (χ1v) is 27.9. The highest BCUT2D eigenvalue weighted by Crippen LogP contribution is 2.43. The summed E-state index contributed by atoms with van der Waals surface area (Å²) in [6.45, 7) is 4.11. The molecule has 0 bridgehead atoms. The Labute approximate surface area is 486 Å². The third kappa shape index (κ3) is 13.7. The summed E-state index contributed by atoms with van der Waals surface area (Å²) in [6, 6.07) is 11.8. The van der Waals surface area contributed by atoms with Crippen molar-refractivity contribution in [3.8, 4) is 17.2 Å². The van der Waals surface area contributed by atoms with Crippen LogP contribution in [0.15, 0.2) is 91.4 Å². The smallest absolute Gasteiger partial charge is 0.420 e. The van der Waals surface area contributed by atoms with Gasteiger partial charge >= 0.3 is 18.5 Å². The molecule has 0 N–H and O–H groups in total. The molecule has 0 amide bonds. The van der Waals surface area contributed by atoms with Crippen LogP contribution in [0.3, 0.4) is 0 Å². The molecule has 27 heteroatoms. The Morgan fingerprint density at radius 1 is 0.391 bits per heavy atom. The number of hydrogen-bond donors (Lipinski definition) is 0. The summed E-state index contributed by atoms with van der Waals surface area (Å²) in [5, 5.41) is 23.3. The predicted octanol–water partition coefficient (Wildman–Crippen LogP) is 16.5. The van der Waals surface area contributed by atoms with Crippen LogP contribution in [-0.2, 0) is 37.8 Å². The van der Waals surface area contributed by atoms with Crippen LogP contribution in [0.25, 0.3) is 16.9 Å². The second kappa shape index (κ2) is 24.9. The normalized spacial score (nSPS) is 16.1. The number of fused-ring (bicyclic) bond motifs is 3. The van der Waals surface area contributed by atoms with Crippen LogP contribution >= 0.6 is 0 Å². The fourth-order valence-corrected chi connectivity index (χ4v) is 10.7. The largest absolute Gasteiger partial charge is 0.483 e. The molecule has 9 aromatic rings. The minimum atomic E-state index is -4.71. The van der Waals surface area contributed by atoms with E-state index in [0.29, 0.717) is 72.7 Å². The van der Waals surface area contributed by atoms with Crippen LogP contribution in [0, 0.1) is 52.7 Å². The van der Waals surface area contributed by atoms with E-state index in [2.05, 4.69) is 30.6 Å². The highest BCUT2D eigenvalue weighted by atomic mass is 19.4. The lowest BCUT2D eigenvalue weighted by Crippen LogP contribution is -2.18. The zero-order chi connectivity index (χ0) is 62.3. The molecule has 3 saturated carbocycles. The Bertz CT molecular complexity index is 3530. The maximum Gasteiger partial charge on any atom is 0.420 e. The summed E-state index contributed by atoms with van der Waals surface area (Å²) in [6.07, 6.45) is -1.85. The Balaban J connectivity index is 0.000000144. The summed E-state index contributed by atoms with van der Waals surface area (Å²) in [5.41, 5.74) is -4.42. The number of ether oxygens (including phenoxy) is 3. The number of halogens is 15. The number of rotatable bonds is 15. The van der Waals surface area contributed by atoms with Crippen molar-refractivity contribution in [2.24, 2.45) is 17.8 Å². The predicted molar refractivity (Wildman–Crippen MR) is 283 cm³/mol. The van der Waals surface area contributed by atoms with Crippen LogP contribution in [0.2, 0.25) is 0 Å². The van der Waals surface area contributed by atoms with Gasteiger partial charge in [-0.1, -0.05) is 57.8 Å². The average molecular weight is 1230 g/mol. The zero-order valence-corrected chi connectivity index (χ0v) is 46.5. The van der Waals surface area contributed by atoms with Gasteiger partial charge < -0.3 is 14.2 Å². The van der Waals surface area contributed by atoms with Crippen LogP contribution < -0.4 is 14.2 Å². The van der Waals surface area contributed by atoms with Gasteiger partial charge in [0.05, 0.1) is 0 Å². The second-order valence-corrected chi connectivity index (χ2v) is 21.9. The van der Waals surface area contributed by atoms with E-state index in [9.17, 15) is 65.9 Å². The van der Waals surface area contributed by atoms with E-state index in [4.69, 9.17) is 14.2 Å². The van der Waals surface area contributed by atoms with E-state index < -0.39 is 88.4 Å². The fraction of sp³-hybridized carbons (Fsp3) is 0.400. The number of aromatic nitrogens is 9. The zero-order valence-electron chi connectivity index (χ0n) is 46.5. The van der Waals surface area contributed by atoms with Gasteiger partial charge in [0.25, 0.3) is 0 Å². The summed E-state index contributed by atoms with van der Waals surface area (Å²) >= 11 is 0. The van der Waals surface area contributed by atoms with E-state index >= 15 is 0 Å². The minimum absolute atomic E-state index is 0.198. The third-order valence-corrected chi connectivity index (χ3v) is 15.9. The lowest BCUT2D eigenvalue weighted by atomic mass is 9.83. The molecule has 6 aromatic heterocycles. The van der Waals surface area contributed by atoms with E-state index in [-0.39, 0.29) is 50.9 Å². The second-order valence-electron chi connectivity index (χ2n) is 21.9. The van der Waals surface area contributed by atoms with Crippen molar-refractivity contribution < 1.29 is 80.1 Å². The maximum absolute atomic E-state index is 13.9. The van der Waals surface area contributed by atoms with E-state index in [1.165, 1.54) is 70.8 Å². The minimum Gasteiger partial charge on any atom is -0.483 e. The molecule has 0 aliphatic heterocycles. The molecule has 3 unspecified atom stereocenters. The topological polar surface area (TPSA) is 118 Å².